The summed E-state index contributed by atoms with van der Waals surface area (Å²) in [6, 6.07) is 6.52. The third-order valence-electron chi connectivity index (χ3n) is 4.93. The lowest BCUT2D eigenvalue weighted by atomic mass is 10.1. The van der Waals surface area contributed by atoms with Crippen molar-refractivity contribution in [1.29, 1.82) is 0 Å². The number of hydrogen-bond donors (Lipinski definition) is 1. The van der Waals surface area contributed by atoms with E-state index in [1.54, 1.807) is 0 Å². The summed E-state index contributed by atoms with van der Waals surface area (Å²) in [5.41, 5.74) is 4.49. The molecule has 5 nitrogen and oxygen atoms in total. The lowest BCUT2D eigenvalue weighted by molar-refractivity contribution is 0.254. The molecule has 0 aliphatic carbocycles. The van der Waals surface area contributed by atoms with E-state index in [0.29, 0.717) is 5.82 Å². The molecule has 0 bridgehead atoms. The zero-order valence-electron chi connectivity index (χ0n) is 14.3. The molecule has 1 aromatic carbocycles. The Labute approximate surface area is 141 Å². The molecule has 4 rings (SSSR count). The summed E-state index contributed by atoms with van der Waals surface area (Å²) in [5, 5.41) is 0. The second-order valence-electron chi connectivity index (χ2n) is 6.93. The number of ether oxygens (including phenoxy) is 1. The van der Waals surface area contributed by atoms with Crippen LogP contribution in [0, 0.1) is 6.92 Å². The number of aromatic nitrogens is 2. The van der Waals surface area contributed by atoms with E-state index in [-0.39, 0.29) is 11.7 Å². The molecule has 0 saturated heterocycles. The van der Waals surface area contributed by atoms with Crippen molar-refractivity contribution >= 4 is 0 Å². The summed E-state index contributed by atoms with van der Waals surface area (Å²) >= 11 is 0. The number of fused-ring (bicyclic) bond motifs is 2. The largest absolute Gasteiger partial charge is 0.490 e. The van der Waals surface area contributed by atoms with Crippen molar-refractivity contribution in [1.82, 2.24) is 14.9 Å². The molecule has 24 heavy (non-hydrogen) atoms. The molecule has 0 fully saturated rings. The van der Waals surface area contributed by atoms with Gasteiger partial charge in [0.2, 0.25) is 0 Å². The van der Waals surface area contributed by atoms with E-state index < -0.39 is 0 Å². The molecule has 3 heterocycles. The van der Waals surface area contributed by atoms with Crippen LogP contribution in [0.25, 0.3) is 0 Å². The van der Waals surface area contributed by atoms with Gasteiger partial charge < -0.3 is 9.72 Å². The first-order valence-electron chi connectivity index (χ1n) is 8.68. The van der Waals surface area contributed by atoms with Crippen LogP contribution in [0.4, 0.5) is 0 Å². The fourth-order valence-corrected chi connectivity index (χ4v) is 3.77. The first kappa shape index (κ1) is 15.4. The van der Waals surface area contributed by atoms with Gasteiger partial charge in [0.25, 0.3) is 5.56 Å². The van der Waals surface area contributed by atoms with Gasteiger partial charge in [0, 0.05) is 38.0 Å². The third kappa shape index (κ3) is 2.96. The van der Waals surface area contributed by atoms with Crippen LogP contribution in [0.3, 0.4) is 0 Å². The molecule has 1 unspecified atom stereocenters. The van der Waals surface area contributed by atoms with Gasteiger partial charge in [0.05, 0.1) is 5.69 Å². The molecule has 126 valence electrons. The lowest BCUT2D eigenvalue weighted by Gasteiger charge is -2.19. The standard InChI is InChI=1S/C19H23N3O2/c1-12-9-15-10-14(3-4-18(15)24-12)11-22-7-5-16-17(6-8-22)20-13(2)21-19(16)23/h3-4,10,12H,5-9,11H2,1-2H3,(H,20,21,23). The molecule has 0 amide bonds. The summed E-state index contributed by atoms with van der Waals surface area (Å²) in [7, 11) is 0. The van der Waals surface area contributed by atoms with Crippen molar-refractivity contribution in [3.8, 4) is 5.75 Å². The molecule has 5 heteroatoms. The Morgan fingerprint density at radius 1 is 1.33 bits per heavy atom. The van der Waals surface area contributed by atoms with Crippen molar-refractivity contribution < 1.29 is 4.74 Å². The third-order valence-corrected chi connectivity index (χ3v) is 4.93. The summed E-state index contributed by atoms with van der Waals surface area (Å²) in [6.07, 6.45) is 2.88. The minimum Gasteiger partial charge on any atom is -0.490 e. The predicted octanol–water partition coefficient (Wildman–Crippen LogP) is 2.00. The Bertz CT molecular complexity index is 828. The molecule has 1 aromatic heterocycles. The van der Waals surface area contributed by atoms with Crippen LogP contribution < -0.4 is 10.3 Å². The maximum Gasteiger partial charge on any atom is 0.254 e. The fourth-order valence-electron chi connectivity index (χ4n) is 3.77. The monoisotopic (exact) mass is 325 g/mol. The Morgan fingerprint density at radius 3 is 3.04 bits per heavy atom. The maximum absolute atomic E-state index is 12.1. The highest BCUT2D eigenvalue weighted by molar-refractivity contribution is 5.40. The molecular formula is C19H23N3O2. The Balaban J connectivity index is 1.49. The number of hydrogen-bond acceptors (Lipinski definition) is 4. The highest BCUT2D eigenvalue weighted by Gasteiger charge is 2.21. The molecule has 1 atom stereocenters. The molecule has 0 radical (unpaired) electrons. The highest BCUT2D eigenvalue weighted by Crippen LogP contribution is 2.29. The quantitative estimate of drug-likeness (QED) is 0.917. The van der Waals surface area contributed by atoms with Gasteiger partial charge in [-0.05, 0) is 37.5 Å². The lowest BCUT2D eigenvalue weighted by Crippen LogP contribution is -2.26. The number of aromatic amines is 1. The van der Waals surface area contributed by atoms with Gasteiger partial charge in [-0.25, -0.2) is 4.98 Å². The van der Waals surface area contributed by atoms with Crippen molar-refractivity contribution in [3.63, 3.8) is 0 Å². The second-order valence-corrected chi connectivity index (χ2v) is 6.93. The average molecular weight is 325 g/mol. The molecule has 2 aliphatic rings. The van der Waals surface area contributed by atoms with Gasteiger partial charge in [-0.1, -0.05) is 12.1 Å². The Morgan fingerprint density at radius 2 is 2.17 bits per heavy atom. The number of aryl methyl sites for hydroxylation is 1. The first-order chi connectivity index (χ1) is 11.6. The van der Waals surface area contributed by atoms with Crippen LogP contribution >= 0.6 is 0 Å². The van der Waals surface area contributed by atoms with Gasteiger partial charge in [0.1, 0.15) is 17.7 Å². The fraction of sp³-hybridized carbons (Fsp3) is 0.474. The summed E-state index contributed by atoms with van der Waals surface area (Å²) < 4.78 is 5.78. The summed E-state index contributed by atoms with van der Waals surface area (Å²) in [4.78, 5) is 21.9. The topological polar surface area (TPSA) is 58.2 Å². The molecule has 2 aromatic rings. The number of nitrogens with zero attached hydrogens (tertiary/aromatic N) is 2. The van der Waals surface area contributed by atoms with Crippen LogP contribution in [0.2, 0.25) is 0 Å². The number of rotatable bonds is 2. The first-order valence-corrected chi connectivity index (χ1v) is 8.68. The Hall–Kier alpha value is -2.14. The van der Waals surface area contributed by atoms with E-state index in [0.717, 1.165) is 55.9 Å². The normalized spacial score (nSPS) is 20.2. The van der Waals surface area contributed by atoms with Gasteiger partial charge in [-0.2, -0.15) is 0 Å². The summed E-state index contributed by atoms with van der Waals surface area (Å²) in [6.45, 7) is 6.69. The molecule has 1 N–H and O–H groups in total. The van der Waals surface area contributed by atoms with Crippen LogP contribution in [-0.2, 0) is 25.8 Å². The van der Waals surface area contributed by atoms with Crippen LogP contribution in [0.1, 0.15) is 35.1 Å². The van der Waals surface area contributed by atoms with E-state index in [9.17, 15) is 4.79 Å². The minimum absolute atomic E-state index is 0.0306. The van der Waals surface area contributed by atoms with E-state index >= 15 is 0 Å². The summed E-state index contributed by atoms with van der Waals surface area (Å²) in [5.74, 6) is 1.74. The van der Waals surface area contributed by atoms with E-state index in [4.69, 9.17) is 4.74 Å². The molecular weight excluding hydrogens is 302 g/mol. The van der Waals surface area contributed by atoms with Crippen LogP contribution in [0.15, 0.2) is 23.0 Å². The number of benzene rings is 1. The minimum atomic E-state index is 0.0306. The van der Waals surface area contributed by atoms with Crippen molar-refractivity contribution in [2.45, 2.75) is 45.8 Å². The molecule has 2 aliphatic heterocycles. The number of nitrogens with one attached hydrogen (secondary N) is 1. The van der Waals surface area contributed by atoms with Crippen molar-refractivity contribution in [3.05, 3.63) is 56.8 Å². The van der Waals surface area contributed by atoms with Crippen molar-refractivity contribution in [2.24, 2.45) is 0 Å². The zero-order valence-corrected chi connectivity index (χ0v) is 14.3. The highest BCUT2D eigenvalue weighted by atomic mass is 16.5. The second kappa shape index (κ2) is 6.06. The van der Waals surface area contributed by atoms with Gasteiger partial charge in [-0.3, -0.25) is 9.69 Å². The van der Waals surface area contributed by atoms with E-state index in [1.807, 2.05) is 6.92 Å². The molecule has 0 spiro atoms. The van der Waals surface area contributed by atoms with E-state index in [1.165, 1.54) is 11.1 Å². The van der Waals surface area contributed by atoms with Crippen LogP contribution in [0.5, 0.6) is 5.75 Å². The van der Waals surface area contributed by atoms with E-state index in [2.05, 4.69) is 40.0 Å². The van der Waals surface area contributed by atoms with Crippen LogP contribution in [-0.4, -0.2) is 34.1 Å². The molecule has 0 saturated carbocycles. The average Bonchev–Trinajstić information content (AvgIpc) is 2.77. The van der Waals surface area contributed by atoms with Gasteiger partial charge in [-0.15, -0.1) is 0 Å². The SMILES string of the molecule is Cc1nc2c(c(=O)[nH]1)CCN(Cc1ccc3c(c1)CC(C)O3)CC2. The zero-order chi connectivity index (χ0) is 16.7. The van der Waals surface area contributed by atoms with Gasteiger partial charge >= 0.3 is 0 Å². The maximum atomic E-state index is 12.1. The van der Waals surface area contributed by atoms with Gasteiger partial charge in [0.15, 0.2) is 0 Å². The Kier molecular flexibility index (Phi) is 3.88. The number of H-pyrrole nitrogens is 1. The smallest absolute Gasteiger partial charge is 0.254 e. The van der Waals surface area contributed by atoms with Crippen molar-refractivity contribution in [2.75, 3.05) is 13.1 Å². The predicted molar refractivity (Wildman–Crippen MR) is 92.5 cm³/mol.